The molecule has 2 unspecified atom stereocenters. The number of para-hydroxylation sites is 2. The molecule has 0 radical (unpaired) electrons. The molecule has 9 aromatic rings. The Bertz CT molecular complexity index is 3820. The standard InChI is InChI=1S/C69H68BN3O/c1-43-37-59-63-60(38-43)73-64-53(68(9)33-16-17-34-69(68,73)10)22-18-23-56(64)70(63)55-30-27-48(42-58(55)72(59)57-31-25-45(65(2,3)4)39-50(57)44-19-12-11-13-20-44)71(46-28-32-62-51(40-46)49-21-14-15-24-61(49)74-62)47-26-29-52-54(41-47)67(7,8)36-35-66(52,5)6/h11-15,18-32,37-42H,16-17,33-36H2,1-10H3. The van der Waals surface area contributed by atoms with E-state index in [0.29, 0.717) is 0 Å². The number of fused-ring (bicyclic) bond motifs is 11. The number of furan rings is 1. The van der Waals surface area contributed by atoms with Crippen molar-refractivity contribution < 1.29 is 4.42 Å². The van der Waals surface area contributed by atoms with E-state index in [9.17, 15) is 0 Å². The molecule has 14 rings (SSSR count). The van der Waals surface area contributed by atoms with Gasteiger partial charge in [0.2, 0.25) is 0 Å². The Morgan fingerprint density at radius 2 is 1.22 bits per heavy atom. The van der Waals surface area contributed by atoms with Gasteiger partial charge < -0.3 is 19.1 Å². The number of hydrogen-bond donors (Lipinski definition) is 0. The van der Waals surface area contributed by atoms with Crippen LogP contribution in [0.2, 0.25) is 0 Å². The molecule has 4 nitrogen and oxygen atoms in total. The number of hydrogen-bond acceptors (Lipinski definition) is 4. The van der Waals surface area contributed by atoms with Crippen LogP contribution in [0, 0.1) is 6.92 Å². The SMILES string of the molecule is Cc1cc2c3c(c1)N1c4c(cccc4C4(C)CCCCC14C)B3c1ccc(N(c3ccc4c(c3)C(C)(C)CCC4(C)C)c3ccc4oc5ccccc5c4c3)cc1N2c1ccc(C(C)(C)C)cc1-c1ccccc1. The predicted octanol–water partition coefficient (Wildman–Crippen LogP) is 17.0. The number of rotatable bonds is 5. The molecule has 2 aliphatic carbocycles. The molecule has 4 heterocycles. The van der Waals surface area contributed by atoms with Gasteiger partial charge in [-0.1, -0.05) is 153 Å². The molecule has 74 heavy (non-hydrogen) atoms. The van der Waals surface area contributed by atoms with Crippen molar-refractivity contribution in [2.45, 2.75) is 135 Å². The zero-order valence-electron chi connectivity index (χ0n) is 45.1. The number of nitrogens with zero attached hydrogens (tertiary/aromatic N) is 3. The Morgan fingerprint density at radius 1 is 0.527 bits per heavy atom. The van der Waals surface area contributed by atoms with Crippen LogP contribution in [-0.2, 0) is 21.7 Å². The second kappa shape index (κ2) is 15.5. The van der Waals surface area contributed by atoms with Crippen molar-refractivity contribution in [3.8, 4) is 11.1 Å². The Labute approximate surface area is 439 Å². The van der Waals surface area contributed by atoms with Crippen LogP contribution in [0.1, 0.15) is 129 Å². The Morgan fingerprint density at radius 3 is 2.03 bits per heavy atom. The summed E-state index contributed by atoms with van der Waals surface area (Å²) < 4.78 is 6.48. The van der Waals surface area contributed by atoms with Gasteiger partial charge in [-0.2, -0.15) is 0 Å². The number of benzene rings is 8. The highest BCUT2D eigenvalue weighted by atomic mass is 16.3. The van der Waals surface area contributed by atoms with E-state index < -0.39 is 0 Å². The monoisotopic (exact) mass is 966 g/mol. The van der Waals surface area contributed by atoms with Crippen molar-refractivity contribution >= 4 is 90.5 Å². The zero-order chi connectivity index (χ0) is 50.8. The van der Waals surface area contributed by atoms with Gasteiger partial charge in [0.05, 0.1) is 11.2 Å². The van der Waals surface area contributed by atoms with Gasteiger partial charge in [0.25, 0.3) is 6.71 Å². The fourth-order valence-electron chi connectivity index (χ4n) is 14.9. The smallest absolute Gasteiger partial charge is 0.252 e. The quantitative estimate of drug-likeness (QED) is 0.160. The number of aryl methyl sites for hydroxylation is 1. The molecular weight excluding hydrogens is 898 g/mol. The van der Waals surface area contributed by atoms with Crippen LogP contribution >= 0.6 is 0 Å². The third kappa shape index (κ3) is 6.34. The summed E-state index contributed by atoms with van der Waals surface area (Å²) in [6.45, 7) is 24.3. The van der Waals surface area contributed by atoms with Crippen molar-refractivity contribution in [3.63, 3.8) is 0 Å². The van der Waals surface area contributed by atoms with Crippen LogP contribution in [0.25, 0.3) is 33.1 Å². The van der Waals surface area contributed by atoms with Gasteiger partial charge in [0, 0.05) is 61.6 Å². The van der Waals surface area contributed by atoms with E-state index in [4.69, 9.17) is 4.42 Å². The van der Waals surface area contributed by atoms with Gasteiger partial charge >= 0.3 is 0 Å². The summed E-state index contributed by atoms with van der Waals surface area (Å²) in [7, 11) is 0. The molecule has 8 aromatic carbocycles. The van der Waals surface area contributed by atoms with Crippen molar-refractivity contribution in [1.29, 1.82) is 0 Å². The Balaban J connectivity index is 1.07. The lowest BCUT2D eigenvalue weighted by Crippen LogP contribution is -2.64. The summed E-state index contributed by atoms with van der Waals surface area (Å²) in [4.78, 5) is 8.06. The van der Waals surface area contributed by atoms with E-state index in [1.54, 1.807) is 0 Å². The molecule has 5 heteroatoms. The van der Waals surface area contributed by atoms with Crippen molar-refractivity contribution in [3.05, 3.63) is 186 Å². The molecule has 0 spiro atoms. The third-order valence-electron chi connectivity index (χ3n) is 19.2. The van der Waals surface area contributed by atoms with E-state index in [0.717, 1.165) is 39.7 Å². The maximum Gasteiger partial charge on any atom is 0.252 e. The van der Waals surface area contributed by atoms with E-state index in [2.05, 4.69) is 242 Å². The first-order valence-corrected chi connectivity index (χ1v) is 27.5. The molecular formula is C69H68BN3O. The molecule has 0 amide bonds. The topological polar surface area (TPSA) is 22.9 Å². The molecule has 0 bridgehead atoms. The largest absolute Gasteiger partial charge is 0.456 e. The van der Waals surface area contributed by atoms with Crippen LogP contribution < -0.4 is 31.1 Å². The van der Waals surface area contributed by atoms with Gasteiger partial charge in [-0.05, 0) is 178 Å². The van der Waals surface area contributed by atoms with Crippen LogP contribution in [0.4, 0.5) is 45.5 Å². The Hall–Kier alpha value is -6.98. The van der Waals surface area contributed by atoms with Gasteiger partial charge in [0.15, 0.2) is 0 Å². The molecule has 0 saturated heterocycles. The lowest BCUT2D eigenvalue weighted by Gasteiger charge is -2.53. The van der Waals surface area contributed by atoms with Crippen molar-refractivity contribution in [2.75, 3.05) is 14.7 Å². The third-order valence-corrected chi connectivity index (χ3v) is 19.2. The summed E-state index contributed by atoms with van der Waals surface area (Å²) in [5.74, 6) is 0. The van der Waals surface area contributed by atoms with E-state index >= 15 is 0 Å². The molecule has 368 valence electrons. The molecule has 2 atom stereocenters. The van der Waals surface area contributed by atoms with Gasteiger partial charge in [-0.15, -0.1) is 0 Å². The minimum Gasteiger partial charge on any atom is -0.456 e. The highest BCUT2D eigenvalue weighted by Crippen LogP contribution is 2.62. The lowest BCUT2D eigenvalue weighted by molar-refractivity contribution is 0.195. The predicted molar refractivity (Wildman–Crippen MR) is 315 cm³/mol. The maximum absolute atomic E-state index is 6.48. The van der Waals surface area contributed by atoms with Crippen LogP contribution in [0.3, 0.4) is 0 Å². The van der Waals surface area contributed by atoms with E-state index in [1.807, 2.05) is 0 Å². The second-order valence-corrected chi connectivity index (χ2v) is 25.6. The van der Waals surface area contributed by atoms with Crippen LogP contribution in [-0.4, -0.2) is 12.3 Å². The maximum atomic E-state index is 6.48. The van der Waals surface area contributed by atoms with Crippen molar-refractivity contribution in [2.24, 2.45) is 0 Å². The minimum absolute atomic E-state index is 0.0344. The fourth-order valence-corrected chi connectivity index (χ4v) is 14.9. The lowest BCUT2D eigenvalue weighted by atomic mass is 9.33. The van der Waals surface area contributed by atoms with Crippen LogP contribution in [0.15, 0.2) is 162 Å². The number of anilines is 8. The van der Waals surface area contributed by atoms with Gasteiger partial charge in [0.1, 0.15) is 11.2 Å². The normalized spacial score (nSPS) is 20.8. The summed E-state index contributed by atoms with van der Waals surface area (Å²) >= 11 is 0. The van der Waals surface area contributed by atoms with Gasteiger partial charge in [-0.25, -0.2) is 0 Å². The molecule has 3 aliphatic heterocycles. The van der Waals surface area contributed by atoms with E-state index in [1.165, 1.54) is 122 Å². The fraction of sp³-hybridized carbons (Fsp3) is 0.304. The molecule has 0 N–H and O–H groups in total. The first-order valence-electron chi connectivity index (χ1n) is 27.5. The van der Waals surface area contributed by atoms with Gasteiger partial charge in [-0.3, -0.25) is 0 Å². The highest BCUT2D eigenvalue weighted by molar-refractivity contribution is 7.00. The first-order chi connectivity index (χ1) is 35.4. The second-order valence-electron chi connectivity index (χ2n) is 25.6. The summed E-state index contributed by atoms with van der Waals surface area (Å²) in [6, 6.07) is 60.9. The first kappa shape index (κ1) is 45.6. The molecule has 5 aliphatic rings. The highest BCUT2D eigenvalue weighted by Gasteiger charge is 2.61. The summed E-state index contributed by atoms with van der Waals surface area (Å²) in [6.07, 6.45) is 7.22. The summed E-state index contributed by atoms with van der Waals surface area (Å²) in [5.41, 5.74) is 25.5. The molecule has 1 aromatic heterocycles. The average Bonchev–Trinajstić information content (AvgIpc) is 3.88. The Kier molecular flexibility index (Phi) is 9.58. The minimum atomic E-state index is -0.0463. The average molecular weight is 966 g/mol. The summed E-state index contributed by atoms with van der Waals surface area (Å²) in [5, 5.41) is 2.26. The van der Waals surface area contributed by atoms with Crippen molar-refractivity contribution in [1.82, 2.24) is 0 Å². The molecule has 1 fully saturated rings. The van der Waals surface area contributed by atoms with Crippen LogP contribution in [0.5, 0.6) is 0 Å². The van der Waals surface area contributed by atoms with E-state index in [-0.39, 0.29) is 33.9 Å². The molecule has 1 saturated carbocycles. The zero-order valence-corrected chi connectivity index (χ0v) is 45.1.